The Morgan fingerprint density at radius 3 is 2.61 bits per heavy atom. The number of rotatable bonds is 17. The van der Waals surface area contributed by atoms with Gasteiger partial charge < -0.3 is 24.1 Å². The minimum atomic E-state index is -1.22. The van der Waals surface area contributed by atoms with Crippen LogP contribution in [0.3, 0.4) is 0 Å². The molecule has 1 aliphatic carbocycles. The van der Waals surface area contributed by atoms with Crippen LogP contribution >= 0.6 is 0 Å². The van der Waals surface area contributed by atoms with E-state index in [1.807, 2.05) is 18.2 Å². The van der Waals surface area contributed by atoms with Gasteiger partial charge in [0, 0.05) is 47.8 Å². The molecule has 46 heavy (non-hydrogen) atoms. The molecule has 3 aromatic rings. The van der Waals surface area contributed by atoms with E-state index in [0.29, 0.717) is 35.3 Å². The number of aryl methyl sites for hydroxylation is 1. The van der Waals surface area contributed by atoms with Gasteiger partial charge in [0.25, 0.3) is 0 Å². The zero-order chi connectivity index (χ0) is 32.7. The number of benzene rings is 2. The van der Waals surface area contributed by atoms with E-state index in [2.05, 4.69) is 55.4 Å². The first-order valence-corrected chi connectivity index (χ1v) is 17.4. The highest BCUT2D eigenvalue weighted by Crippen LogP contribution is 2.35. The fourth-order valence-electron chi connectivity index (χ4n) is 5.32. The molecule has 7 nitrogen and oxygen atoms in total. The highest BCUT2D eigenvalue weighted by molar-refractivity contribution is 7.90. The lowest BCUT2D eigenvalue weighted by Gasteiger charge is -2.24. The number of pyridine rings is 1. The standard InChI is InChI=1S/C38H46N2O5S/c1-5-7-21-44-22-23-45-34-13-16-36(28(3)24-34)30-9-17-37(43-4)31(25-30)10-18-38(41)40-33-11-14-35(15-12-33)46(42)27-32-26-39-20-19-29(32)8-6-2/h9-20,24-26,28,36H,5-8,21-23,27H2,1-4H3,(H,40,41)/b18-10+/t28?,36?,46-/m0/s1. The topological polar surface area (TPSA) is 92.7 Å². The number of carbonyl (C=O) groups excluding carboxylic acids is 1. The summed E-state index contributed by atoms with van der Waals surface area (Å²) in [7, 11) is 1.62. The summed E-state index contributed by atoms with van der Waals surface area (Å²) in [6, 6.07) is 15.2. The molecule has 1 heterocycles. The van der Waals surface area contributed by atoms with Gasteiger partial charge in [-0.1, -0.05) is 45.8 Å². The highest BCUT2D eigenvalue weighted by atomic mass is 32.2. The van der Waals surface area contributed by atoms with E-state index in [4.69, 9.17) is 14.2 Å². The second-order valence-electron chi connectivity index (χ2n) is 11.4. The van der Waals surface area contributed by atoms with Crippen LogP contribution in [0, 0.1) is 5.92 Å². The number of nitrogens with one attached hydrogen (secondary N) is 1. The first-order valence-electron chi connectivity index (χ1n) is 16.1. The maximum absolute atomic E-state index is 13.0. The third kappa shape index (κ3) is 10.3. The molecule has 0 aliphatic heterocycles. The number of ether oxygens (including phenoxy) is 3. The molecule has 2 aromatic carbocycles. The number of allylic oxidation sites excluding steroid dienone is 3. The number of methoxy groups -OCH3 is 1. The smallest absolute Gasteiger partial charge is 0.248 e. The molecule has 0 fully saturated rings. The lowest BCUT2D eigenvalue weighted by atomic mass is 9.83. The molecule has 4 rings (SSSR count). The molecule has 0 saturated carbocycles. The normalized spacial score (nSPS) is 16.7. The van der Waals surface area contributed by atoms with Crippen LogP contribution in [0.2, 0.25) is 0 Å². The SMILES string of the molecule is CCCCOCCOC1=CC(C)C(c2ccc(OC)c(/C=C/C(=O)Nc3ccc([S@@+]([O-])Cc4cnccc4CCC)cc3)c2)C=C1. The van der Waals surface area contributed by atoms with Crippen molar-refractivity contribution in [2.24, 2.45) is 5.92 Å². The zero-order valence-corrected chi connectivity index (χ0v) is 28.2. The molecule has 0 bridgehead atoms. The third-order valence-corrected chi connectivity index (χ3v) is 9.22. The molecule has 0 saturated heterocycles. The molecular formula is C38H46N2O5S. The summed E-state index contributed by atoms with van der Waals surface area (Å²) in [6.07, 6.45) is 17.3. The summed E-state index contributed by atoms with van der Waals surface area (Å²) < 4.78 is 30.1. The summed E-state index contributed by atoms with van der Waals surface area (Å²) in [5.41, 5.74) is 4.76. The Bertz CT molecular complexity index is 1500. The zero-order valence-electron chi connectivity index (χ0n) is 27.4. The first kappa shape index (κ1) is 35.0. The van der Waals surface area contributed by atoms with Gasteiger partial charge in [0.2, 0.25) is 5.91 Å². The summed E-state index contributed by atoms with van der Waals surface area (Å²) in [4.78, 5) is 17.8. The molecule has 3 atom stereocenters. The van der Waals surface area contributed by atoms with Gasteiger partial charge in [0.1, 0.15) is 23.9 Å². The van der Waals surface area contributed by atoms with Gasteiger partial charge in [0.15, 0.2) is 4.90 Å². The van der Waals surface area contributed by atoms with Gasteiger partial charge in [-0.05, 0) is 102 Å². The number of amides is 1. The molecule has 1 N–H and O–H groups in total. The fourth-order valence-corrected chi connectivity index (χ4v) is 6.47. The largest absolute Gasteiger partial charge is 0.611 e. The van der Waals surface area contributed by atoms with Crippen molar-refractivity contribution in [2.45, 2.75) is 63.0 Å². The summed E-state index contributed by atoms with van der Waals surface area (Å²) >= 11 is -1.22. The number of unbranched alkanes of at least 4 members (excludes halogenated alkanes) is 1. The van der Waals surface area contributed by atoms with Crippen LogP contribution in [0.4, 0.5) is 5.69 Å². The number of nitrogens with zero attached hydrogens (tertiary/aromatic N) is 1. The number of aromatic nitrogens is 1. The maximum atomic E-state index is 13.0. The van der Waals surface area contributed by atoms with Crippen LogP contribution in [-0.4, -0.2) is 42.4 Å². The van der Waals surface area contributed by atoms with Crippen LogP contribution in [-0.2, 0) is 37.6 Å². The number of anilines is 1. The van der Waals surface area contributed by atoms with Crippen molar-refractivity contribution in [3.63, 3.8) is 0 Å². The number of hydrogen-bond acceptors (Lipinski definition) is 6. The number of hydrogen-bond donors (Lipinski definition) is 1. The molecule has 1 aromatic heterocycles. The van der Waals surface area contributed by atoms with Crippen LogP contribution in [0.15, 0.2) is 95.9 Å². The molecule has 1 amide bonds. The van der Waals surface area contributed by atoms with E-state index in [9.17, 15) is 9.35 Å². The highest BCUT2D eigenvalue weighted by Gasteiger charge is 2.21. The Hall–Kier alpha value is -3.85. The van der Waals surface area contributed by atoms with Crippen molar-refractivity contribution in [3.8, 4) is 5.75 Å². The average molecular weight is 643 g/mol. The van der Waals surface area contributed by atoms with Gasteiger partial charge in [-0.25, -0.2) is 0 Å². The lowest BCUT2D eigenvalue weighted by molar-refractivity contribution is -0.111. The average Bonchev–Trinajstić information content (AvgIpc) is 3.06. The van der Waals surface area contributed by atoms with E-state index >= 15 is 0 Å². The number of carbonyl (C=O) groups is 1. The van der Waals surface area contributed by atoms with Crippen LogP contribution in [0.1, 0.15) is 68.2 Å². The van der Waals surface area contributed by atoms with Crippen molar-refractivity contribution >= 4 is 28.8 Å². The Morgan fingerprint density at radius 1 is 1.04 bits per heavy atom. The Balaban J connectivity index is 1.33. The molecular weight excluding hydrogens is 596 g/mol. The molecule has 1 aliphatic rings. The third-order valence-electron chi connectivity index (χ3n) is 7.85. The predicted octanol–water partition coefficient (Wildman–Crippen LogP) is 8.01. The molecule has 0 spiro atoms. The Labute approximate surface area is 277 Å². The van der Waals surface area contributed by atoms with Crippen molar-refractivity contribution in [1.29, 1.82) is 0 Å². The van der Waals surface area contributed by atoms with E-state index in [1.165, 1.54) is 11.6 Å². The van der Waals surface area contributed by atoms with Crippen LogP contribution < -0.4 is 10.1 Å². The van der Waals surface area contributed by atoms with E-state index in [0.717, 1.165) is 54.7 Å². The Morgan fingerprint density at radius 2 is 1.87 bits per heavy atom. The minimum Gasteiger partial charge on any atom is -0.611 e. The van der Waals surface area contributed by atoms with Crippen molar-refractivity contribution in [1.82, 2.24) is 4.98 Å². The summed E-state index contributed by atoms with van der Waals surface area (Å²) in [5, 5.41) is 2.89. The summed E-state index contributed by atoms with van der Waals surface area (Å²) in [5.74, 6) is 2.09. The lowest BCUT2D eigenvalue weighted by Crippen LogP contribution is -2.12. The van der Waals surface area contributed by atoms with Gasteiger partial charge >= 0.3 is 0 Å². The fraction of sp³-hybridized carbons (Fsp3) is 0.368. The Kier molecular flexibility index (Phi) is 14.0. The maximum Gasteiger partial charge on any atom is 0.248 e. The van der Waals surface area contributed by atoms with Gasteiger partial charge in [-0.15, -0.1) is 0 Å². The molecule has 2 unspecified atom stereocenters. The van der Waals surface area contributed by atoms with Gasteiger partial charge in [-0.3, -0.25) is 9.78 Å². The summed E-state index contributed by atoms with van der Waals surface area (Å²) in [6.45, 7) is 8.34. The van der Waals surface area contributed by atoms with Gasteiger partial charge in [-0.2, -0.15) is 0 Å². The quantitative estimate of drug-likeness (QED) is 0.0911. The van der Waals surface area contributed by atoms with Gasteiger partial charge in [0.05, 0.1) is 13.7 Å². The molecule has 244 valence electrons. The van der Waals surface area contributed by atoms with E-state index in [1.54, 1.807) is 49.8 Å². The van der Waals surface area contributed by atoms with E-state index < -0.39 is 11.2 Å². The monoisotopic (exact) mass is 642 g/mol. The molecule has 8 heteroatoms. The van der Waals surface area contributed by atoms with Crippen molar-refractivity contribution in [2.75, 3.05) is 32.2 Å². The first-order chi connectivity index (χ1) is 22.4. The van der Waals surface area contributed by atoms with Crippen LogP contribution in [0.5, 0.6) is 5.75 Å². The van der Waals surface area contributed by atoms with Crippen molar-refractivity contribution < 1.29 is 23.6 Å². The van der Waals surface area contributed by atoms with Crippen LogP contribution in [0.25, 0.3) is 6.08 Å². The molecule has 0 radical (unpaired) electrons. The minimum absolute atomic E-state index is 0.167. The second kappa shape index (κ2) is 18.3. The van der Waals surface area contributed by atoms with E-state index in [-0.39, 0.29) is 17.7 Å². The van der Waals surface area contributed by atoms with Crippen molar-refractivity contribution in [3.05, 3.63) is 113 Å². The second-order valence-corrected chi connectivity index (χ2v) is 12.8. The predicted molar refractivity (Wildman–Crippen MR) is 186 cm³/mol.